The summed E-state index contributed by atoms with van der Waals surface area (Å²) in [7, 11) is 0. The van der Waals surface area contributed by atoms with Gasteiger partial charge in [-0.2, -0.15) is 0 Å². The standard InChI is InChI=1S/C19H20ClN5OS/c20-16-10-4-9-15(12-16)18-23-24-19(25(18)21)27-13-17(26)22-11-5-8-14-6-2-1-3-7-14/h1-4,6-7,9-10,12H,5,8,11,13,21H2,(H,22,26). The zero-order valence-corrected chi connectivity index (χ0v) is 16.2. The van der Waals surface area contributed by atoms with Crippen molar-refractivity contribution in [2.45, 2.75) is 18.0 Å². The third kappa shape index (κ3) is 5.48. The summed E-state index contributed by atoms with van der Waals surface area (Å²) in [6.07, 6.45) is 1.83. The highest BCUT2D eigenvalue weighted by Crippen LogP contribution is 2.23. The van der Waals surface area contributed by atoms with Gasteiger partial charge < -0.3 is 11.2 Å². The lowest BCUT2D eigenvalue weighted by Gasteiger charge is -2.06. The van der Waals surface area contributed by atoms with Crippen LogP contribution in [0.4, 0.5) is 0 Å². The topological polar surface area (TPSA) is 85.8 Å². The second-order valence-electron chi connectivity index (χ2n) is 5.91. The predicted molar refractivity (Wildman–Crippen MR) is 109 cm³/mol. The molecule has 3 N–H and O–H groups in total. The molecule has 0 bridgehead atoms. The number of halogens is 1. The van der Waals surface area contributed by atoms with Crippen molar-refractivity contribution >= 4 is 29.3 Å². The lowest BCUT2D eigenvalue weighted by atomic mass is 10.1. The normalized spacial score (nSPS) is 10.7. The molecule has 0 saturated carbocycles. The van der Waals surface area contributed by atoms with Crippen molar-refractivity contribution in [2.24, 2.45) is 0 Å². The van der Waals surface area contributed by atoms with Gasteiger partial charge in [-0.3, -0.25) is 4.79 Å². The first kappa shape index (κ1) is 19.3. The summed E-state index contributed by atoms with van der Waals surface area (Å²) in [6.45, 7) is 0.636. The Bertz CT molecular complexity index is 900. The molecule has 0 fully saturated rings. The van der Waals surface area contributed by atoms with Gasteiger partial charge in [0, 0.05) is 17.1 Å². The Morgan fingerprint density at radius 1 is 1.15 bits per heavy atom. The van der Waals surface area contributed by atoms with E-state index >= 15 is 0 Å². The molecule has 1 amide bonds. The Balaban J connectivity index is 1.45. The fraction of sp³-hybridized carbons (Fsp3) is 0.211. The molecule has 0 unspecified atom stereocenters. The van der Waals surface area contributed by atoms with Crippen molar-refractivity contribution in [1.29, 1.82) is 0 Å². The molecule has 1 heterocycles. The minimum Gasteiger partial charge on any atom is -0.355 e. The fourth-order valence-electron chi connectivity index (χ4n) is 2.55. The van der Waals surface area contributed by atoms with E-state index in [0.717, 1.165) is 18.4 Å². The number of nitrogen functional groups attached to an aromatic ring is 1. The van der Waals surface area contributed by atoms with Gasteiger partial charge in [-0.15, -0.1) is 10.2 Å². The van der Waals surface area contributed by atoms with E-state index in [9.17, 15) is 4.79 Å². The monoisotopic (exact) mass is 401 g/mol. The third-order valence-electron chi connectivity index (χ3n) is 3.89. The number of carbonyl (C=O) groups excluding carboxylic acids is 1. The molecule has 3 aromatic rings. The highest BCUT2D eigenvalue weighted by atomic mass is 35.5. The number of amides is 1. The second kappa shape index (κ2) is 9.43. The number of aryl methyl sites for hydroxylation is 1. The first-order chi connectivity index (χ1) is 13.1. The second-order valence-corrected chi connectivity index (χ2v) is 7.29. The highest BCUT2D eigenvalue weighted by molar-refractivity contribution is 7.99. The number of hydrogen-bond donors (Lipinski definition) is 2. The molecule has 0 aliphatic rings. The molecule has 0 radical (unpaired) electrons. The van der Waals surface area contributed by atoms with Crippen LogP contribution in [0.1, 0.15) is 12.0 Å². The number of aromatic nitrogens is 3. The molecule has 0 aliphatic carbocycles. The molecule has 8 heteroatoms. The van der Waals surface area contributed by atoms with Crippen LogP contribution in [0.3, 0.4) is 0 Å². The molecule has 3 rings (SSSR count). The van der Waals surface area contributed by atoms with Gasteiger partial charge in [0.2, 0.25) is 11.1 Å². The summed E-state index contributed by atoms with van der Waals surface area (Å²) in [6, 6.07) is 17.4. The summed E-state index contributed by atoms with van der Waals surface area (Å²) in [5.41, 5.74) is 2.04. The maximum atomic E-state index is 12.0. The van der Waals surface area contributed by atoms with Crippen LogP contribution in [-0.4, -0.2) is 33.1 Å². The van der Waals surface area contributed by atoms with Crippen LogP contribution in [0.15, 0.2) is 59.8 Å². The van der Waals surface area contributed by atoms with Crippen LogP contribution in [0.5, 0.6) is 0 Å². The van der Waals surface area contributed by atoms with Crippen LogP contribution in [0, 0.1) is 0 Å². The number of carbonyl (C=O) groups is 1. The van der Waals surface area contributed by atoms with E-state index in [1.807, 2.05) is 30.3 Å². The Morgan fingerprint density at radius 2 is 1.96 bits per heavy atom. The van der Waals surface area contributed by atoms with Crippen LogP contribution < -0.4 is 11.2 Å². The Hall–Kier alpha value is -2.51. The minimum absolute atomic E-state index is 0.0552. The smallest absolute Gasteiger partial charge is 0.230 e. The van der Waals surface area contributed by atoms with Crippen molar-refractivity contribution in [1.82, 2.24) is 20.2 Å². The average Bonchev–Trinajstić information content (AvgIpc) is 3.05. The lowest BCUT2D eigenvalue weighted by molar-refractivity contribution is -0.118. The molecule has 0 aliphatic heterocycles. The maximum Gasteiger partial charge on any atom is 0.230 e. The molecule has 0 spiro atoms. The lowest BCUT2D eigenvalue weighted by Crippen LogP contribution is -2.26. The molecule has 0 atom stereocenters. The van der Waals surface area contributed by atoms with E-state index in [1.165, 1.54) is 22.0 Å². The van der Waals surface area contributed by atoms with E-state index in [1.54, 1.807) is 12.1 Å². The molecule has 6 nitrogen and oxygen atoms in total. The van der Waals surface area contributed by atoms with Gasteiger partial charge in [0.25, 0.3) is 0 Å². The van der Waals surface area contributed by atoms with Crippen LogP contribution >= 0.6 is 23.4 Å². The van der Waals surface area contributed by atoms with Crippen LogP contribution in [0.25, 0.3) is 11.4 Å². The summed E-state index contributed by atoms with van der Waals surface area (Å²) in [5.74, 6) is 6.73. The van der Waals surface area contributed by atoms with Crippen molar-refractivity contribution in [2.75, 3.05) is 18.1 Å². The fourth-order valence-corrected chi connectivity index (χ4v) is 3.42. The minimum atomic E-state index is -0.0552. The first-order valence-electron chi connectivity index (χ1n) is 8.53. The zero-order valence-electron chi connectivity index (χ0n) is 14.6. The van der Waals surface area contributed by atoms with Gasteiger partial charge in [0.15, 0.2) is 5.82 Å². The molecule has 2 aromatic carbocycles. The summed E-state index contributed by atoms with van der Waals surface area (Å²) >= 11 is 7.25. The van der Waals surface area contributed by atoms with Crippen LogP contribution in [-0.2, 0) is 11.2 Å². The van der Waals surface area contributed by atoms with Gasteiger partial charge in [-0.25, -0.2) is 4.68 Å². The number of nitrogens with zero attached hydrogens (tertiary/aromatic N) is 3. The SMILES string of the molecule is Nn1c(SCC(=O)NCCCc2ccccc2)nnc1-c1cccc(Cl)c1. The van der Waals surface area contributed by atoms with Gasteiger partial charge >= 0.3 is 0 Å². The summed E-state index contributed by atoms with van der Waals surface area (Å²) in [5, 5.41) is 12.1. The molecule has 0 saturated heterocycles. The summed E-state index contributed by atoms with van der Waals surface area (Å²) < 4.78 is 1.37. The molecular formula is C19H20ClN5OS. The van der Waals surface area contributed by atoms with Crippen LogP contribution in [0.2, 0.25) is 5.02 Å². The van der Waals surface area contributed by atoms with Gasteiger partial charge in [0.05, 0.1) is 5.75 Å². The number of nitrogens with two attached hydrogens (primary N) is 1. The Labute approximate surface area is 167 Å². The van der Waals surface area contributed by atoms with E-state index < -0.39 is 0 Å². The van der Waals surface area contributed by atoms with Gasteiger partial charge in [-0.05, 0) is 30.5 Å². The molecule has 1 aromatic heterocycles. The zero-order chi connectivity index (χ0) is 19.1. The molecule has 27 heavy (non-hydrogen) atoms. The maximum absolute atomic E-state index is 12.0. The van der Waals surface area contributed by atoms with E-state index in [2.05, 4.69) is 27.6 Å². The number of benzene rings is 2. The Morgan fingerprint density at radius 3 is 2.74 bits per heavy atom. The van der Waals surface area contributed by atoms with Crippen molar-refractivity contribution in [3.8, 4) is 11.4 Å². The number of hydrogen-bond acceptors (Lipinski definition) is 5. The molecule has 140 valence electrons. The van der Waals surface area contributed by atoms with Crippen molar-refractivity contribution < 1.29 is 4.79 Å². The average molecular weight is 402 g/mol. The first-order valence-corrected chi connectivity index (χ1v) is 9.89. The van der Waals surface area contributed by atoms with Gasteiger partial charge in [-0.1, -0.05) is 65.8 Å². The van der Waals surface area contributed by atoms with Crippen molar-refractivity contribution in [3.05, 3.63) is 65.2 Å². The number of thioether (sulfide) groups is 1. The molecular weight excluding hydrogens is 382 g/mol. The number of rotatable bonds is 8. The quantitative estimate of drug-likeness (QED) is 0.344. The largest absolute Gasteiger partial charge is 0.355 e. The van der Waals surface area contributed by atoms with E-state index in [0.29, 0.717) is 22.5 Å². The van der Waals surface area contributed by atoms with E-state index in [-0.39, 0.29) is 11.7 Å². The third-order valence-corrected chi connectivity index (χ3v) is 5.07. The van der Waals surface area contributed by atoms with E-state index in [4.69, 9.17) is 17.4 Å². The predicted octanol–water partition coefficient (Wildman–Crippen LogP) is 3.15. The Kier molecular flexibility index (Phi) is 6.73. The highest BCUT2D eigenvalue weighted by Gasteiger charge is 2.13. The summed E-state index contributed by atoms with van der Waals surface area (Å²) in [4.78, 5) is 12.0. The van der Waals surface area contributed by atoms with Crippen molar-refractivity contribution in [3.63, 3.8) is 0 Å². The van der Waals surface area contributed by atoms with Gasteiger partial charge in [0.1, 0.15) is 0 Å². The number of nitrogens with one attached hydrogen (secondary N) is 1.